The maximum atomic E-state index is 12.4. The fourth-order valence-electron chi connectivity index (χ4n) is 2.39. The molecule has 3 nitrogen and oxygen atoms in total. The molecule has 1 aliphatic heterocycles. The average Bonchev–Trinajstić information content (AvgIpc) is 2.38. The van der Waals surface area contributed by atoms with Gasteiger partial charge in [-0.25, -0.2) is 0 Å². The molecule has 1 heterocycles. The number of carbonyl (C=O) groups is 1. The van der Waals surface area contributed by atoms with Crippen LogP contribution >= 0.6 is 0 Å². The number of nitrogens with zero attached hydrogens (tertiary/aromatic N) is 1. The zero-order valence-corrected chi connectivity index (χ0v) is 11.0. The first-order valence-corrected chi connectivity index (χ1v) is 6.74. The number of ether oxygens (including phenoxy) is 1. The molecule has 98 valence electrons. The Labute approximate surface area is 109 Å². The molecule has 1 aromatic rings. The van der Waals surface area contributed by atoms with Gasteiger partial charge in [-0.2, -0.15) is 0 Å². The minimum Gasteiger partial charge on any atom is -0.497 e. The number of likely N-dealkylation sites (tertiary alicyclic amines) is 1. The van der Waals surface area contributed by atoms with Crippen LogP contribution in [-0.2, 0) is 0 Å². The number of rotatable bonds is 2. The first kappa shape index (κ1) is 12.9. The van der Waals surface area contributed by atoms with E-state index in [1.165, 1.54) is 19.3 Å². The molecule has 1 aromatic carbocycles. The van der Waals surface area contributed by atoms with E-state index in [9.17, 15) is 4.79 Å². The summed E-state index contributed by atoms with van der Waals surface area (Å²) in [5, 5.41) is 0. The van der Waals surface area contributed by atoms with Crippen LogP contribution in [0.25, 0.3) is 0 Å². The monoisotopic (exact) mass is 247 g/mol. The highest BCUT2D eigenvalue weighted by Crippen LogP contribution is 2.17. The third kappa shape index (κ3) is 3.25. The second-order valence-electron chi connectivity index (χ2n) is 4.79. The Bertz CT molecular complexity index is 395. The molecule has 1 saturated heterocycles. The molecule has 18 heavy (non-hydrogen) atoms. The van der Waals surface area contributed by atoms with Crippen molar-refractivity contribution in [3.05, 3.63) is 29.8 Å². The minimum absolute atomic E-state index is 0.135. The van der Waals surface area contributed by atoms with Gasteiger partial charge in [0.25, 0.3) is 5.91 Å². The van der Waals surface area contributed by atoms with Crippen molar-refractivity contribution in [1.29, 1.82) is 0 Å². The summed E-state index contributed by atoms with van der Waals surface area (Å²) >= 11 is 0. The van der Waals surface area contributed by atoms with E-state index >= 15 is 0 Å². The molecule has 0 bridgehead atoms. The molecule has 1 aliphatic rings. The molecule has 0 atom stereocenters. The number of methoxy groups -OCH3 is 1. The minimum atomic E-state index is 0.135. The molecule has 0 N–H and O–H groups in total. The van der Waals surface area contributed by atoms with Crippen LogP contribution in [0, 0.1) is 0 Å². The molecule has 0 radical (unpaired) electrons. The smallest absolute Gasteiger partial charge is 0.253 e. The quantitative estimate of drug-likeness (QED) is 0.803. The molecule has 2 rings (SSSR count). The fraction of sp³-hybridized carbons (Fsp3) is 0.533. The van der Waals surface area contributed by atoms with Crippen LogP contribution in [0.3, 0.4) is 0 Å². The van der Waals surface area contributed by atoms with Gasteiger partial charge in [-0.05, 0) is 31.0 Å². The maximum absolute atomic E-state index is 12.4. The van der Waals surface area contributed by atoms with Crippen molar-refractivity contribution in [2.75, 3.05) is 20.2 Å². The van der Waals surface area contributed by atoms with E-state index in [0.717, 1.165) is 37.2 Å². The van der Waals surface area contributed by atoms with Gasteiger partial charge in [-0.15, -0.1) is 0 Å². The molecule has 0 aliphatic carbocycles. The van der Waals surface area contributed by atoms with Crippen molar-refractivity contribution in [2.45, 2.75) is 32.1 Å². The zero-order chi connectivity index (χ0) is 12.8. The van der Waals surface area contributed by atoms with Crippen LogP contribution in [0.4, 0.5) is 0 Å². The van der Waals surface area contributed by atoms with Gasteiger partial charge in [0.1, 0.15) is 5.75 Å². The van der Waals surface area contributed by atoms with E-state index in [-0.39, 0.29) is 5.91 Å². The summed E-state index contributed by atoms with van der Waals surface area (Å²) in [7, 11) is 1.62. The van der Waals surface area contributed by atoms with Gasteiger partial charge >= 0.3 is 0 Å². The Morgan fingerprint density at radius 3 is 2.44 bits per heavy atom. The molecule has 0 spiro atoms. The fourth-order valence-corrected chi connectivity index (χ4v) is 2.39. The van der Waals surface area contributed by atoms with E-state index < -0.39 is 0 Å². The lowest BCUT2D eigenvalue weighted by Crippen LogP contribution is -2.33. The summed E-state index contributed by atoms with van der Waals surface area (Å²) in [6.07, 6.45) is 6.02. The summed E-state index contributed by atoms with van der Waals surface area (Å²) in [4.78, 5) is 14.4. The first-order chi connectivity index (χ1) is 8.81. The zero-order valence-electron chi connectivity index (χ0n) is 11.0. The van der Waals surface area contributed by atoms with Gasteiger partial charge in [-0.1, -0.05) is 25.3 Å². The maximum Gasteiger partial charge on any atom is 0.253 e. The van der Waals surface area contributed by atoms with Crippen molar-refractivity contribution in [1.82, 2.24) is 4.90 Å². The Morgan fingerprint density at radius 2 is 1.78 bits per heavy atom. The lowest BCUT2D eigenvalue weighted by molar-refractivity contribution is 0.0742. The van der Waals surface area contributed by atoms with E-state index in [1.54, 1.807) is 7.11 Å². The Hall–Kier alpha value is -1.51. The van der Waals surface area contributed by atoms with Crippen LogP contribution in [0.2, 0.25) is 0 Å². The Morgan fingerprint density at radius 1 is 1.11 bits per heavy atom. The summed E-state index contributed by atoms with van der Waals surface area (Å²) in [5.74, 6) is 0.878. The van der Waals surface area contributed by atoms with E-state index in [1.807, 2.05) is 29.2 Å². The molecule has 0 saturated carbocycles. The normalized spacial score (nSPS) is 16.8. The van der Waals surface area contributed by atoms with Crippen LogP contribution in [-0.4, -0.2) is 31.0 Å². The molecular weight excluding hydrogens is 226 g/mol. The van der Waals surface area contributed by atoms with Gasteiger partial charge in [0.15, 0.2) is 0 Å². The number of carbonyl (C=O) groups excluding carboxylic acids is 1. The van der Waals surface area contributed by atoms with Gasteiger partial charge in [-0.3, -0.25) is 4.79 Å². The highest BCUT2D eigenvalue weighted by molar-refractivity contribution is 5.94. The number of hydrogen-bond acceptors (Lipinski definition) is 2. The summed E-state index contributed by atoms with van der Waals surface area (Å²) in [6.45, 7) is 1.77. The molecule has 0 unspecified atom stereocenters. The predicted octanol–water partition coefficient (Wildman–Crippen LogP) is 3.10. The summed E-state index contributed by atoms with van der Waals surface area (Å²) < 4.78 is 5.17. The third-order valence-corrected chi connectivity index (χ3v) is 3.46. The standard InChI is InChI=1S/C15H21NO2/c1-18-14-9-7-8-13(12-14)15(17)16-10-5-3-2-4-6-11-16/h7-9,12H,2-6,10-11H2,1H3. The number of hydrogen-bond donors (Lipinski definition) is 0. The highest BCUT2D eigenvalue weighted by Gasteiger charge is 2.16. The SMILES string of the molecule is COc1cccc(C(=O)N2CCCCCCC2)c1. The van der Waals surface area contributed by atoms with Crippen molar-refractivity contribution in [2.24, 2.45) is 0 Å². The van der Waals surface area contributed by atoms with Crippen LogP contribution in [0.5, 0.6) is 5.75 Å². The third-order valence-electron chi connectivity index (χ3n) is 3.46. The van der Waals surface area contributed by atoms with Gasteiger partial charge in [0, 0.05) is 18.7 Å². The van der Waals surface area contributed by atoms with Gasteiger partial charge in [0.2, 0.25) is 0 Å². The van der Waals surface area contributed by atoms with Crippen LogP contribution in [0.15, 0.2) is 24.3 Å². The summed E-state index contributed by atoms with van der Waals surface area (Å²) in [6, 6.07) is 7.42. The highest BCUT2D eigenvalue weighted by atomic mass is 16.5. The van der Waals surface area contributed by atoms with E-state index in [0.29, 0.717) is 0 Å². The molecular formula is C15H21NO2. The second kappa shape index (κ2) is 6.43. The molecule has 1 amide bonds. The average molecular weight is 247 g/mol. The largest absolute Gasteiger partial charge is 0.497 e. The lowest BCUT2D eigenvalue weighted by Gasteiger charge is -2.25. The lowest BCUT2D eigenvalue weighted by atomic mass is 10.1. The first-order valence-electron chi connectivity index (χ1n) is 6.74. The predicted molar refractivity (Wildman–Crippen MR) is 72.0 cm³/mol. The second-order valence-corrected chi connectivity index (χ2v) is 4.79. The van der Waals surface area contributed by atoms with Crippen molar-refractivity contribution in [3.8, 4) is 5.75 Å². The van der Waals surface area contributed by atoms with Gasteiger partial charge in [0.05, 0.1) is 7.11 Å². The van der Waals surface area contributed by atoms with E-state index in [4.69, 9.17) is 4.74 Å². The van der Waals surface area contributed by atoms with Crippen LogP contribution < -0.4 is 4.74 Å². The summed E-state index contributed by atoms with van der Waals surface area (Å²) in [5.41, 5.74) is 0.731. The molecule has 1 fully saturated rings. The van der Waals surface area contributed by atoms with E-state index in [2.05, 4.69) is 0 Å². The molecule has 0 aromatic heterocycles. The Balaban J connectivity index is 2.08. The number of amides is 1. The van der Waals surface area contributed by atoms with Gasteiger partial charge < -0.3 is 9.64 Å². The van der Waals surface area contributed by atoms with Crippen molar-refractivity contribution in [3.63, 3.8) is 0 Å². The van der Waals surface area contributed by atoms with Crippen molar-refractivity contribution < 1.29 is 9.53 Å². The topological polar surface area (TPSA) is 29.5 Å². The van der Waals surface area contributed by atoms with Crippen molar-refractivity contribution >= 4 is 5.91 Å². The Kier molecular flexibility index (Phi) is 4.62. The number of benzene rings is 1. The molecule has 3 heteroatoms. The van der Waals surface area contributed by atoms with Crippen LogP contribution in [0.1, 0.15) is 42.5 Å².